The highest BCUT2D eigenvalue weighted by Crippen LogP contribution is 2.54. The number of thioether (sulfide) groups is 1. The number of nitrogens with zero attached hydrogens (tertiary/aromatic N) is 3. The summed E-state index contributed by atoms with van der Waals surface area (Å²) in [6.07, 6.45) is 0. The maximum atomic E-state index is 13.3. The summed E-state index contributed by atoms with van der Waals surface area (Å²) in [6.45, 7) is 6.55. The minimum absolute atomic E-state index is 0.0720. The highest BCUT2D eigenvalue weighted by atomic mass is 32.2. The Hall–Kier alpha value is -2.35. The Morgan fingerprint density at radius 1 is 1.25 bits per heavy atom. The van der Waals surface area contributed by atoms with Crippen molar-refractivity contribution in [2.45, 2.75) is 38.6 Å². The molecule has 0 unspecified atom stereocenters. The van der Waals surface area contributed by atoms with Crippen molar-refractivity contribution in [1.29, 1.82) is 0 Å². The summed E-state index contributed by atoms with van der Waals surface area (Å²) in [5, 5.41) is 8.19. The van der Waals surface area contributed by atoms with Crippen molar-refractivity contribution in [2.24, 2.45) is 5.10 Å². The number of carbonyl (C=O) groups excluding carboxylic acids is 3. The van der Waals surface area contributed by atoms with Crippen LogP contribution in [0, 0.1) is 0 Å². The third kappa shape index (κ3) is 2.21. The van der Waals surface area contributed by atoms with Crippen LogP contribution in [0.5, 0.6) is 0 Å². The SMILES string of the molecule is CC(=O)NC1=NN(C(C)=O)[C@@]2(S1)C(=O)N(C(C)C)c1ccccc12. The molecule has 126 valence electrons. The molecule has 1 spiro atoms. The van der Waals surface area contributed by atoms with Crippen LogP contribution in [-0.2, 0) is 19.3 Å². The fourth-order valence-electron chi connectivity index (χ4n) is 3.03. The normalized spacial score (nSPS) is 22.2. The molecule has 3 rings (SSSR count). The van der Waals surface area contributed by atoms with Crippen LogP contribution in [0.15, 0.2) is 29.4 Å². The summed E-state index contributed by atoms with van der Waals surface area (Å²) < 4.78 is 0. The van der Waals surface area contributed by atoms with E-state index in [9.17, 15) is 14.4 Å². The van der Waals surface area contributed by atoms with Crippen molar-refractivity contribution >= 4 is 40.3 Å². The number of benzene rings is 1. The number of hydrogen-bond acceptors (Lipinski definition) is 5. The van der Waals surface area contributed by atoms with Crippen molar-refractivity contribution in [3.8, 4) is 0 Å². The summed E-state index contributed by atoms with van der Waals surface area (Å²) in [5.74, 6) is -0.902. The minimum Gasteiger partial charge on any atom is -0.306 e. The largest absolute Gasteiger partial charge is 0.306 e. The number of anilines is 1. The van der Waals surface area contributed by atoms with Gasteiger partial charge in [-0.2, -0.15) is 5.01 Å². The zero-order valence-electron chi connectivity index (χ0n) is 13.9. The van der Waals surface area contributed by atoms with Crippen LogP contribution in [0.1, 0.15) is 33.3 Å². The van der Waals surface area contributed by atoms with Gasteiger partial charge in [-0.15, -0.1) is 5.10 Å². The van der Waals surface area contributed by atoms with Gasteiger partial charge >= 0.3 is 0 Å². The van der Waals surface area contributed by atoms with E-state index in [4.69, 9.17) is 0 Å². The summed E-state index contributed by atoms with van der Waals surface area (Å²) >= 11 is 1.09. The van der Waals surface area contributed by atoms with Gasteiger partial charge in [-0.3, -0.25) is 14.4 Å². The zero-order chi connectivity index (χ0) is 17.6. The average Bonchev–Trinajstić information content (AvgIpc) is 2.97. The number of amides is 3. The fourth-order valence-corrected chi connectivity index (χ4v) is 4.35. The Kier molecular flexibility index (Phi) is 3.87. The van der Waals surface area contributed by atoms with Crippen molar-refractivity contribution in [3.05, 3.63) is 29.8 Å². The molecule has 8 heteroatoms. The molecule has 1 N–H and O–H groups in total. The maximum absolute atomic E-state index is 13.3. The van der Waals surface area contributed by atoms with Gasteiger partial charge in [-0.05, 0) is 31.7 Å². The summed E-state index contributed by atoms with van der Waals surface area (Å²) in [7, 11) is 0. The first kappa shape index (κ1) is 16.5. The molecular formula is C16H18N4O3S. The number of hydrogen-bond donors (Lipinski definition) is 1. The number of fused-ring (bicyclic) bond motifs is 2. The van der Waals surface area contributed by atoms with Crippen LogP contribution in [-0.4, -0.2) is 33.9 Å². The molecular weight excluding hydrogens is 328 g/mol. The van der Waals surface area contributed by atoms with Crippen LogP contribution < -0.4 is 10.2 Å². The highest BCUT2D eigenvalue weighted by molar-refractivity contribution is 8.15. The zero-order valence-corrected chi connectivity index (χ0v) is 14.7. The molecule has 1 aromatic rings. The van der Waals surface area contributed by atoms with E-state index in [1.54, 1.807) is 4.90 Å². The highest BCUT2D eigenvalue weighted by Gasteiger charge is 2.61. The van der Waals surface area contributed by atoms with E-state index in [0.29, 0.717) is 5.56 Å². The molecule has 7 nitrogen and oxygen atoms in total. The van der Waals surface area contributed by atoms with Gasteiger partial charge in [0.15, 0.2) is 5.17 Å². The Labute approximate surface area is 144 Å². The molecule has 0 aliphatic carbocycles. The topological polar surface area (TPSA) is 82.1 Å². The molecule has 0 radical (unpaired) electrons. The molecule has 24 heavy (non-hydrogen) atoms. The van der Waals surface area contributed by atoms with Gasteiger partial charge in [0.05, 0.1) is 5.69 Å². The van der Waals surface area contributed by atoms with Crippen LogP contribution in [0.2, 0.25) is 0 Å². The molecule has 1 aromatic carbocycles. The van der Waals surface area contributed by atoms with E-state index in [2.05, 4.69) is 10.4 Å². The first-order chi connectivity index (χ1) is 11.3. The first-order valence-corrected chi connectivity index (χ1v) is 8.40. The number of nitrogens with one attached hydrogen (secondary N) is 1. The van der Waals surface area contributed by atoms with E-state index in [0.717, 1.165) is 17.4 Å². The van der Waals surface area contributed by atoms with Gasteiger partial charge in [0.1, 0.15) is 0 Å². The second-order valence-corrected chi connectivity index (χ2v) is 7.13. The second kappa shape index (κ2) is 5.62. The lowest BCUT2D eigenvalue weighted by Gasteiger charge is -2.30. The summed E-state index contributed by atoms with van der Waals surface area (Å²) in [4.78, 5) is 37.2. The second-order valence-electron chi connectivity index (χ2n) is 5.95. The van der Waals surface area contributed by atoms with E-state index < -0.39 is 4.87 Å². The Bertz CT molecular complexity index is 776. The Morgan fingerprint density at radius 3 is 2.50 bits per heavy atom. The predicted octanol–water partition coefficient (Wildman–Crippen LogP) is 1.60. The Balaban J connectivity index is 2.17. The molecule has 3 amide bonds. The van der Waals surface area contributed by atoms with Gasteiger partial charge in [0.25, 0.3) is 5.91 Å². The molecule has 2 aliphatic heterocycles. The molecule has 2 heterocycles. The van der Waals surface area contributed by atoms with Gasteiger partial charge in [0, 0.05) is 25.5 Å². The van der Waals surface area contributed by atoms with Crippen LogP contribution >= 0.6 is 11.8 Å². The number of hydrazone groups is 1. The summed E-state index contributed by atoms with van der Waals surface area (Å²) in [6, 6.07) is 7.29. The lowest BCUT2D eigenvalue weighted by atomic mass is 10.1. The average molecular weight is 346 g/mol. The van der Waals surface area contributed by atoms with E-state index >= 15 is 0 Å². The van der Waals surface area contributed by atoms with Gasteiger partial charge < -0.3 is 10.2 Å². The lowest BCUT2D eigenvalue weighted by Crippen LogP contribution is -2.50. The Morgan fingerprint density at radius 2 is 1.92 bits per heavy atom. The third-order valence-corrected chi connectivity index (χ3v) is 5.11. The number of amidine groups is 1. The summed E-state index contributed by atoms with van der Waals surface area (Å²) in [5.41, 5.74) is 1.46. The van der Waals surface area contributed by atoms with Gasteiger partial charge in [-0.25, -0.2) is 0 Å². The van der Waals surface area contributed by atoms with Crippen LogP contribution in [0.4, 0.5) is 5.69 Å². The minimum atomic E-state index is -1.30. The monoisotopic (exact) mass is 346 g/mol. The molecule has 0 saturated carbocycles. The lowest BCUT2D eigenvalue weighted by molar-refractivity contribution is -0.139. The van der Waals surface area contributed by atoms with Crippen molar-refractivity contribution < 1.29 is 14.4 Å². The maximum Gasteiger partial charge on any atom is 0.271 e. The van der Waals surface area contributed by atoms with Crippen LogP contribution in [0.3, 0.4) is 0 Å². The number of rotatable bonds is 1. The number of carbonyl (C=O) groups is 3. The fraction of sp³-hybridized carbons (Fsp3) is 0.375. The molecule has 0 bridgehead atoms. The quantitative estimate of drug-likeness (QED) is 0.837. The van der Waals surface area contributed by atoms with E-state index in [1.165, 1.54) is 18.9 Å². The standard InChI is InChI=1S/C16H18N4O3S/c1-9(2)19-13-8-6-5-7-12(13)16(14(19)23)20(11(4)22)18-15(24-16)17-10(3)21/h5-9H,1-4H3,(H,17,18,21)/t16-/m0/s1. The molecule has 0 fully saturated rings. The van der Waals surface area contributed by atoms with Gasteiger partial charge in [-0.1, -0.05) is 18.2 Å². The molecule has 2 aliphatic rings. The molecule has 0 aromatic heterocycles. The third-order valence-electron chi connectivity index (χ3n) is 3.87. The van der Waals surface area contributed by atoms with Crippen LogP contribution in [0.25, 0.3) is 0 Å². The predicted molar refractivity (Wildman–Crippen MR) is 92.1 cm³/mol. The van der Waals surface area contributed by atoms with Gasteiger partial charge in [0.2, 0.25) is 16.7 Å². The smallest absolute Gasteiger partial charge is 0.271 e. The molecule has 1 atom stereocenters. The van der Waals surface area contributed by atoms with E-state index in [-0.39, 0.29) is 28.9 Å². The van der Waals surface area contributed by atoms with Crippen molar-refractivity contribution in [2.75, 3.05) is 4.90 Å². The van der Waals surface area contributed by atoms with E-state index in [1.807, 2.05) is 38.1 Å². The van der Waals surface area contributed by atoms with Crippen molar-refractivity contribution in [1.82, 2.24) is 10.3 Å². The molecule has 0 saturated heterocycles. The first-order valence-electron chi connectivity index (χ1n) is 7.58. The van der Waals surface area contributed by atoms with Crippen molar-refractivity contribution in [3.63, 3.8) is 0 Å². The number of para-hydroxylation sites is 1.